The van der Waals surface area contributed by atoms with E-state index in [1.54, 1.807) is 17.0 Å². The third-order valence-corrected chi connectivity index (χ3v) is 3.58. The summed E-state index contributed by atoms with van der Waals surface area (Å²) < 4.78 is 26.8. The number of aryl methyl sites for hydroxylation is 1. The Morgan fingerprint density at radius 2 is 2.15 bits per heavy atom. The second kappa shape index (κ2) is 5.73. The lowest BCUT2D eigenvalue weighted by Gasteiger charge is -2.24. The highest BCUT2D eigenvalue weighted by Crippen LogP contribution is 2.30. The molecule has 2 heterocycles. The first-order chi connectivity index (χ1) is 9.43. The predicted molar refractivity (Wildman–Crippen MR) is 73.1 cm³/mol. The molecule has 1 aromatic rings. The smallest absolute Gasteiger partial charge is 0.252 e. The second-order valence-electron chi connectivity index (χ2n) is 5.09. The molecule has 0 bridgehead atoms. The van der Waals surface area contributed by atoms with Gasteiger partial charge in [-0.25, -0.2) is 13.8 Å². The SMILES string of the molecule is CCc1ccc(C(N)=O)c(N2CCCC(F)(F)CC2)n1. The van der Waals surface area contributed by atoms with E-state index in [0.717, 1.165) is 12.1 Å². The Bertz CT molecular complexity index is 505. The number of aromatic nitrogens is 1. The number of hydrogen-bond donors (Lipinski definition) is 1. The van der Waals surface area contributed by atoms with E-state index < -0.39 is 11.8 Å². The molecule has 0 atom stereocenters. The van der Waals surface area contributed by atoms with Crippen LogP contribution in [-0.2, 0) is 6.42 Å². The highest BCUT2D eigenvalue weighted by molar-refractivity contribution is 5.97. The summed E-state index contributed by atoms with van der Waals surface area (Å²) in [4.78, 5) is 17.6. The van der Waals surface area contributed by atoms with Crippen LogP contribution in [0.15, 0.2) is 12.1 Å². The van der Waals surface area contributed by atoms with Crippen molar-refractivity contribution in [2.75, 3.05) is 18.0 Å². The van der Waals surface area contributed by atoms with Crippen molar-refractivity contribution in [3.05, 3.63) is 23.4 Å². The Morgan fingerprint density at radius 3 is 2.80 bits per heavy atom. The first-order valence-electron chi connectivity index (χ1n) is 6.85. The van der Waals surface area contributed by atoms with Gasteiger partial charge in [0.05, 0.1) is 5.56 Å². The summed E-state index contributed by atoms with van der Waals surface area (Å²) in [5, 5.41) is 0. The summed E-state index contributed by atoms with van der Waals surface area (Å²) in [6.45, 7) is 2.61. The molecule has 0 spiro atoms. The summed E-state index contributed by atoms with van der Waals surface area (Å²) in [6.07, 6.45) is 0.755. The van der Waals surface area contributed by atoms with Crippen LogP contribution in [0.25, 0.3) is 0 Å². The number of carbonyl (C=O) groups excluding carboxylic acids is 1. The molecule has 0 aromatic carbocycles. The molecular weight excluding hydrogens is 264 g/mol. The van der Waals surface area contributed by atoms with Crippen LogP contribution in [0.2, 0.25) is 0 Å². The Balaban J connectivity index is 2.32. The summed E-state index contributed by atoms with van der Waals surface area (Å²) in [6, 6.07) is 3.38. The lowest BCUT2D eigenvalue weighted by atomic mass is 10.1. The average Bonchev–Trinajstić information content (AvgIpc) is 2.58. The highest BCUT2D eigenvalue weighted by atomic mass is 19.3. The Kier molecular flexibility index (Phi) is 4.20. The minimum absolute atomic E-state index is 0.122. The molecule has 1 aliphatic heterocycles. The summed E-state index contributed by atoms with van der Waals surface area (Å²) in [5.41, 5.74) is 6.47. The van der Waals surface area contributed by atoms with Gasteiger partial charge in [-0.15, -0.1) is 0 Å². The van der Waals surface area contributed by atoms with Crippen LogP contribution in [0.5, 0.6) is 0 Å². The van der Waals surface area contributed by atoms with Crippen molar-refractivity contribution in [2.24, 2.45) is 5.73 Å². The van der Waals surface area contributed by atoms with Gasteiger partial charge in [-0.3, -0.25) is 4.79 Å². The number of anilines is 1. The monoisotopic (exact) mass is 283 g/mol. The first-order valence-corrected chi connectivity index (χ1v) is 6.85. The number of pyridine rings is 1. The fraction of sp³-hybridized carbons (Fsp3) is 0.571. The fourth-order valence-electron chi connectivity index (χ4n) is 2.39. The second-order valence-corrected chi connectivity index (χ2v) is 5.09. The van der Waals surface area contributed by atoms with Crippen molar-refractivity contribution < 1.29 is 13.6 Å². The Labute approximate surface area is 117 Å². The number of nitrogens with two attached hydrogens (primary N) is 1. The lowest BCUT2D eigenvalue weighted by Crippen LogP contribution is -2.29. The molecule has 20 heavy (non-hydrogen) atoms. The molecule has 0 unspecified atom stereocenters. The molecule has 0 aliphatic carbocycles. The quantitative estimate of drug-likeness (QED) is 0.926. The van der Waals surface area contributed by atoms with E-state index in [4.69, 9.17) is 5.73 Å². The molecule has 1 aliphatic rings. The zero-order chi connectivity index (χ0) is 14.8. The van der Waals surface area contributed by atoms with Crippen LogP contribution in [0.3, 0.4) is 0 Å². The van der Waals surface area contributed by atoms with E-state index in [2.05, 4.69) is 4.98 Å². The third kappa shape index (κ3) is 3.23. The summed E-state index contributed by atoms with van der Waals surface area (Å²) >= 11 is 0. The molecule has 110 valence electrons. The van der Waals surface area contributed by atoms with Crippen molar-refractivity contribution >= 4 is 11.7 Å². The molecule has 1 fully saturated rings. The van der Waals surface area contributed by atoms with Crippen LogP contribution >= 0.6 is 0 Å². The third-order valence-electron chi connectivity index (χ3n) is 3.58. The van der Waals surface area contributed by atoms with Gasteiger partial charge in [-0.1, -0.05) is 6.92 Å². The fourth-order valence-corrected chi connectivity index (χ4v) is 2.39. The number of nitrogens with zero attached hydrogens (tertiary/aromatic N) is 2. The summed E-state index contributed by atoms with van der Waals surface area (Å²) in [7, 11) is 0. The standard InChI is InChI=1S/C14H19F2N3O/c1-2-10-4-5-11(12(17)20)13(18-10)19-8-3-6-14(15,16)7-9-19/h4-5H,2-3,6-9H2,1H3,(H2,17,20). The topological polar surface area (TPSA) is 59.2 Å². The molecule has 2 rings (SSSR count). The molecule has 1 saturated heterocycles. The molecule has 0 saturated carbocycles. The van der Waals surface area contributed by atoms with E-state index in [9.17, 15) is 13.6 Å². The molecular formula is C14H19F2N3O. The van der Waals surface area contributed by atoms with Gasteiger partial charge in [0, 0.05) is 31.6 Å². The van der Waals surface area contributed by atoms with Crippen LogP contribution in [-0.4, -0.2) is 29.9 Å². The van der Waals surface area contributed by atoms with Crippen LogP contribution in [0.1, 0.15) is 42.2 Å². The molecule has 6 heteroatoms. The van der Waals surface area contributed by atoms with Crippen LogP contribution in [0.4, 0.5) is 14.6 Å². The molecule has 4 nitrogen and oxygen atoms in total. The van der Waals surface area contributed by atoms with E-state index in [0.29, 0.717) is 24.3 Å². The van der Waals surface area contributed by atoms with Gasteiger partial charge in [0.15, 0.2) is 0 Å². The Morgan fingerprint density at radius 1 is 1.40 bits per heavy atom. The van der Waals surface area contributed by atoms with Gasteiger partial charge in [-0.05, 0) is 25.0 Å². The maximum atomic E-state index is 13.4. The van der Waals surface area contributed by atoms with Gasteiger partial charge < -0.3 is 10.6 Å². The number of halogens is 2. The van der Waals surface area contributed by atoms with Crippen LogP contribution in [0, 0.1) is 0 Å². The number of primary amides is 1. The molecule has 1 amide bonds. The van der Waals surface area contributed by atoms with Crippen molar-refractivity contribution in [2.45, 2.75) is 38.5 Å². The number of rotatable bonds is 3. The van der Waals surface area contributed by atoms with Gasteiger partial charge >= 0.3 is 0 Å². The minimum Gasteiger partial charge on any atom is -0.365 e. The van der Waals surface area contributed by atoms with E-state index >= 15 is 0 Å². The number of amides is 1. The average molecular weight is 283 g/mol. The zero-order valence-electron chi connectivity index (χ0n) is 11.5. The molecule has 0 radical (unpaired) electrons. The van der Waals surface area contributed by atoms with Crippen molar-refractivity contribution in [1.82, 2.24) is 4.98 Å². The van der Waals surface area contributed by atoms with Gasteiger partial charge in [-0.2, -0.15) is 0 Å². The Hall–Kier alpha value is -1.72. The van der Waals surface area contributed by atoms with Gasteiger partial charge in [0.1, 0.15) is 5.82 Å². The normalized spacial score (nSPS) is 18.6. The van der Waals surface area contributed by atoms with Gasteiger partial charge in [0.25, 0.3) is 5.91 Å². The summed E-state index contributed by atoms with van der Waals surface area (Å²) in [5.74, 6) is -2.77. The highest BCUT2D eigenvalue weighted by Gasteiger charge is 2.32. The minimum atomic E-state index is -2.63. The lowest BCUT2D eigenvalue weighted by molar-refractivity contribution is -0.0102. The zero-order valence-corrected chi connectivity index (χ0v) is 11.5. The van der Waals surface area contributed by atoms with E-state index in [-0.39, 0.29) is 19.4 Å². The van der Waals surface area contributed by atoms with E-state index in [1.807, 2.05) is 6.92 Å². The van der Waals surface area contributed by atoms with Crippen molar-refractivity contribution in [3.63, 3.8) is 0 Å². The van der Waals surface area contributed by atoms with E-state index in [1.165, 1.54) is 0 Å². The largest absolute Gasteiger partial charge is 0.365 e. The molecule has 1 aromatic heterocycles. The maximum absolute atomic E-state index is 13.4. The number of alkyl halides is 2. The maximum Gasteiger partial charge on any atom is 0.252 e. The number of carbonyl (C=O) groups is 1. The van der Waals surface area contributed by atoms with Gasteiger partial charge in [0.2, 0.25) is 5.92 Å². The first kappa shape index (κ1) is 14.7. The number of hydrogen-bond acceptors (Lipinski definition) is 3. The molecule has 2 N–H and O–H groups in total. The van der Waals surface area contributed by atoms with Crippen molar-refractivity contribution in [3.8, 4) is 0 Å². The predicted octanol–water partition coefficient (Wildman–Crippen LogP) is 2.37. The van der Waals surface area contributed by atoms with Crippen LogP contribution < -0.4 is 10.6 Å². The van der Waals surface area contributed by atoms with Crippen molar-refractivity contribution in [1.29, 1.82) is 0 Å².